The molecule has 0 fully saturated rings. The second-order valence-electron chi connectivity index (χ2n) is 8.85. The van der Waals surface area contributed by atoms with Crippen molar-refractivity contribution in [3.05, 3.63) is 75.4 Å². The molecule has 1 aliphatic rings. The summed E-state index contributed by atoms with van der Waals surface area (Å²) in [5.74, 6) is 1.50. The van der Waals surface area contributed by atoms with Crippen LogP contribution in [0.1, 0.15) is 24.3 Å². The number of aromatic nitrogens is 2. The predicted octanol–water partition coefficient (Wildman–Crippen LogP) is 5.75. The largest absolute Gasteiger partial charge is 0.497 e. The molecule has 0 saturated carbocycles. The fourth-order valence-corrected chi connectivity index (χ4v) is 7.30. The SMILES string of the molecule is COc1cccc(NC(=O)CSc2nc3sc4c(c3c(=O)n2-c2ccccc2)CC(C)(C)SC4)c1. The summed E-state index contributed by atoms with van der Waals surface area (Å²) in [6.45, 7) is 4.44. The second kappa shape index (κ2) is 9.72. The first kappa shape index (κ1) is 24.0. The Morgan fingerprint density at radius 1 is 1.20 bits per heavy atom. The summed E-state index contributed by atoms with van der Waals surface area (Å²) < 4.78 is 6.95. The number of anilines is 1. The monoisotopic (exact) mass is 523 g/mol. The van der Waals surface area contributed by atoms with Crippen LogP contribution in [0.15, 0.2) is 64.5 Å². The summed E-state index contributed by atoms with van der Waals surface area (Å²) in [4.78, 5) is 33.5. The number of fused-ring (bicyclic) bond motifs is 3. The number of nitrogens with zero attached hydrogens (tertiary/aromatic N) is 2. The van der Waals surface area contributed by atoms with Crippen LogP contribution < -0.4 is 15.6 Å². The molecular weight excluding hydrogens is 499 g/mol. The molecule has 35 heavy (non-hydrogen) atoms. The highest BCUT2D eigenvalue weighted by Crippen LogP contribution is 2.44. The van der Waals surface area contributed by atoms with Crippen molar-refractivity contribution in [2.75, 3.05) is 18.2 Å². The van der Waals surface area contributed by atoms with Crippen LogP contribution in [0, 0.1) is 0 Å². The van der Waals surface area contributed by atoms with E-state index in [0.29, 0.717) is 22.0 Å². The molecule has 2 aromatic carbocycles. The van der Waals surface area contributed by atoms with E-state index in [1.807, 2.05) is 60.3 Å². The fraction of sp³-hybridized carbons (Fsp3) is 0.269. The number of benzene rings is 2. The number of nitrogens with one attached hydrogen (secondary N) is 1. The lowest BCUT2D eigenvalue weighted by Crippen LogP contribution is -2.26. The maximum absolute atomic E-state index is 13.9. The fourth-order valence-electron chi connectivity index (χ4n) is 4.10. The molecule has 5 rings (SSSR count). The van der Waals surface area contributed by atoms with Crippen molar-refractivity contribution in [2.45, 2.75) is 35.9 Å². The van der Waals surface area contributed by atoms with Gasteiger partial charge in [-0.3, -0.25) is 14.2 Å². The minimum absolute atomic E-state index is 0.0721. The number of amides is 1. The van der Waals surface area contributed by atoms with E-state index >= 15 is 0 Å². The zero-order valence-electron chi connectivity index (χ0n) is 19.7. The lowest BCUT2D eigenvalue weighted by molar-refractivity contribution is -0.113. The number of para-hydroxylation sites is 1. The summed E-state index contributed by atoms with van der Waals surface area (Å²) in [7, 11) is 1.59. The number of carbonyl (C=O) groups is 1. The van der Waals surface area contributed by atoms with Crippen molar-refractivity contribution < 1.29 is 9.53 Å². The molecule has 1 N–H and O–H groups in total. The van der Waals surface area contributed by atoms with Crippen molar-refractivity contribution >= 4 is 56.7 Å². The molecule has 2 aromatic heterocycles. The molecule has 9 heteroatoms. The average Bonchev–Trinajstić information content (AvgIpc) is 3.20. The molecule has 4 aromatic rings. The van der Waals surface area contributed by atoms with E-state index in [1.54, 1.807) is 29.1 Å². The number of hydrogen-bond donors (Lipinski definition) is 1. The number of hydrogen-bond acceptors (Lipinski definition) is 7. The average molecular weight is 524 g/mol. The molecule has 1 amide bonds. The molecule has 180 valence electrons. The van der Waals surface area contributed by atoms with Crippen molar-refractivity contribution in [2.24, 2.45) is 0 Å². The van der Waals surface area contributed by atoms with Gasteiger partial charge in [-0.25, -0.2) is 4.98 Å². The molecule has 0 radical (unpaired) electrons. The van der Waals surface area contributed by atoms with Crippen LogP contribution >= 0.6 is 34.9 Å². The number of thioether (sulfide) groups is 2. The van der Waals surface area contributed by atoms with Gasteiger partial charge in [0.05, 0.1) is 23.9 Å². The van der Waals surface area contributed by atoms with Gasteiger partial charge in [-0.1, -0.05) is 49.9 Å². The standard InChI is InChI=1S/C26H25N3O3S3/c1-26(2)13-19-20(14-34-26)35-23-22(19)24(31)29(17-9-5-4-6-10-17)25(28-23)33-15-21(30)27-16-8-7-11-18(12-16)32-3/h4-12H,13-15H2,1-3H3,(H,27,30). The van der Waals surface area contributed by atoms with E-state index in [-0.39, 0.29) is 22.0 Å². The highest BCUT2D eigenvalue weighted by Gasteiger charge is 2.31. The van der Waals surface area contributed by atoms with Crippen LogP contribution in [0.3, 0.4) is 0 Å². The Labute approximate surface area is 216 Å². The van der Waals surface area contributed by atoms with Crippen LogP contribution in [-0.4, -0.2) is 33.1 Å². The first-order chi connectivity index (χ1) is 16.8. The third kappa shape index (κ3) is 4.98. The van der Waals surface area contributed by atoms with Gasteiger partial charge in [-0.15, -0.1) is 23.1 Å². The highest BCUT2D eigenvalue weighted by molar-refractivity contribution is 8.00. The van der Waals surface area contributed by atoms with Crippen molar-refractivity contribution in [1.29, 1.82) is 0 Å². The molecule has 0 aliphatic carbocycles. The van der Waals surface area contributed by atoms with Crippen LogP contribution in [0.5, 0.6) is 5.75 Å². The van der Waals surface area contributed by atoms with Gasteiger partial charge in [0.2, 0.25) is 5.91 Å². The maximum atomic E-state index is 13.9. The minimum atomic E-state index is -0.180. The lowest BCUT2D eigenvalue weighted by atomic mass is 10.00. The van der Waals surface area contributed by atoms with E-state index in [2.05, 4.69) is 19.2 Å². The first-order valence-electron chi connectivity index (χ1n) is 11.2. The molecule has 6 nitrogen and oxygen atoms in total. The molecule has 0 saturated heterocycles. The van der Waals surface area contributed by atoms with Gasteiger partial charge >= 0.3 is 0 Å². The Kier molecular flexibility index (Phi) is 6.65. The zero-order chi connectivity index (χ0) is 24.6. The number of thiophene rings is 1. The Morgan fingerprint density at radius 3 is 2.77 bits per heavy atom. The molecule has 0 spiro atoms. The molecule has 3 heterocycles. The Morgan fingerprint density at radius 2 is 2.00 bits per heavy atom. The predicted molar refractivity (Wildman–Crippen MR) is 147 cm³/mol. The van der Waals surface area contributed by atoms with Gasteiger partial charge in [-0.05, 0) is 36.2 Å². The highest BCUT2D eigenvalue weighted by atomic mass is 32.2. The van der Waals surface area contributed by atoms with Crippen molar-refractivity contribution in [3.8, 4) is 11.4 Å². The maximum Gasteiger partial charge on any atom is 0.267 e. The summed E-state index contributed by atoms with van der Waals surface area (Å²) in [5, 5.41) is 4.12. The van der Waals surface area contributed by atoms with Gasteiger partial charge in [0, 0.05) is 27.1 Å². The van der Waals surface area contributed by atoms with Crippen LogP contribution in [0.2, 0.25) is 0 Å². The second-order valence-corrected chi connectivity index (χ2v) is 12.6. The number of ether oxygens (including phenoxy) is 1. The van der Waals surface area contributed by atoms with E-state index < -0.39 is 0 Å². The minimum Gasteiger partial charge on any atom is -0.497 e. The van der Waals surface area contributed by atoms with E-state index in [1.165, 1.54) is 16.6 Å². The molecule has 1 aliphatic heterocycles. The molecular formula is C26H25N3O3S3. The third-order valence-corrected chi connectivity index (χ3v) is 9.38. The van der Waals surface area contributed by atoms with Gasteiger partial charge in [0.25, 0.3) is 5.56 Å². The van der Waals surface area contributed by atoms with Crippen LogP contribution in [-0.2, 0) is 17.0 Å². The summed E-state index contributed by atoms with van der Waals surface area (Å²) in [6, 6.07) is 16.7. The van der Waals surface area contributed by atoms with Crippen LogP contribution in [0.25, 0.3) is 15.9 Å². The smallest absolute Gasteiger partial charge is 0.267 e. The Hall–Kier alpha value is -2.75. The molecule has 0 unspecified atom stereocenters. The summed E-state index contributed by atoms with van der Waals surface area (Å²) >= 11 is 4.78. The van der Waals surface area contributed by atoms with Gasteiger partial charge in [0.15, 0.2) is 5.16 Å². The third-order valence-electron chi connectivity index (χ3n) is 5.77. The zero-order valence-corrected chi connectivity index (χ0v) is 22.1. The topological polar surface area (TPSA) is 73.2 Å². The number of methoxy groups -OCH3 is 1. The summed E-state index contributed by atoms with van der Waals surface area (Å²) in [5.41, 5.74) is 2.46. The van der Waals surface area contributed by atoms with E-state index in [0.717, 1.165) is 28.3 Å². The van der Waals surface area contributed by atoms with Crippen molar-refractivity contribution in [3.63, 3.8) is 0 Å². The number of carbonyl (C=O) groups excluding carboxylic acids is 1. The first-order valence-corrected chi connectivity index (χ1v) is 14.0. The van der Waals surface area contributed by atoms with E-state index in [9.17, 15) is 9.59 Å². The number of rotatable bonds is 6. The Bertz CT molecular complexity index is 1460. The molecule has 0 atom stereocenters. The van der Waals surface area contributed by atoms with E-state index in [4.69, 9.17) is 9.72 Å². The van der Waals surface area contributed by atoms with Crippen LogP contribution in [0.4, 0.5) is 5.69 Å². The summed E-state index contributed by atoms with van der Waals surface area (Å²) in [6.07, 6.45) is 0.841. The van der Waals surface area contributed by atoms with Gasteiger partial charge in [-0.2, -0.15) is 0 Å². The van der Waals surface area contributed by atoms with Crippen molar-refractivity contribution in [1.82, 2.24) is 9.55 Å². The Balaban J connectivity index is 1.51. The van der Waals surface area contributed by atoms with Gasteiger partial charge < -0.3 is 10.1 Å². The van der Waals surface area contributed by atoms with Gasteiger partial charge in [0.1, 0.15) is 10.6 Å². The quantitative estimate of drug-likeness (QED) is 0.256. The normalized spacial score (nSPS) is 14.5. The lowest BCUT2D eigenvalue weighted by Gasteiger charge is -2.28. The molecule has 0 bridgehead atoms.